The average molecular weight is 177 g/mol. The molecule has 1 heteroatoms. The third kappa shape index (κ3) is 4.62. The number of hydrogen-bond acceptors (Lipinski definition) is 1. The van der Waals surface area contributed by atoms with Gasteiger partial charge in [-0.2, -0.15) is 0 Å². The van der Waals surface area contributed by atoms with E-state index in [2.05, 4.69) is 42.9 Å². The van der Waals surface area contributed by atoms with Gasteiger partial charge < -0.3 is 4.90 Å². The van der Waals surface area contributed by atoms with Crippen molar-refractivity contribution in [2.45, 2.75) is 33.1 Å². The SMILES string of the molecule is CC(C)C#CCN1C=CCCCC1. The molecule has 0 spiro atoms. The van der Waals surface area contributed by atoms with E-state index in [1.807, 2.05) is 0 Å². The van der Waals surface area contributed by atoms with Crippen LogP contribution < -0.4 is 0 Å². The Morgan fingerprint density at radius 3 is 3.00 bits per heavy atom. The van der Waals surface area contributed by atoms with E-state index in [-0.39, 0.29) is 0 Å². The van der Waals surface area contributed by atoms with Crippen LogP contribution in [0.1, 0.15) is 33.1 Å². The monoisotopic (exact) mass is 177 g/mol. The van der Waals surface area contributed by atoms with Crippen LogP contribution in [0.2, 0.25) is 0 Å². The van der Waals surface area contributed by atoms with Crippen LogP contribution >= 0.6 is 0 Å². The highest BCUT2D eigenvalue weighted by Gasteiger charge is 1.99. The lowest BCUT2D eigenvalue weighted by Crippen LogP contribution is -2.17. The van der Waals surface area contributed by atoms with Crippen molar-refractivity contribution in [3.8, 4) is 11.8 Å². The molecule has 1 nitrogen and oxygen atoms in total. The van der Waals surface area contributed by atoms with Crippen molar-refractivity contribution in [2.75, 3.05) is 13.1 Å². The summed E-state index contributed by atoms with van der Waals surface area (Å²) in [4.78, 5) is 2.31. The molecule has 0 aromatic carbocycles. The van der Waals surface area contributed by atoms with E-state index in [4.69, 9.17) is 0 Å². The quantitative estimate of drug-likeness (QED) is 0.557. The van der Waals surface area contributed by atoms with E-state index in [1.54, 1.807) is 0 Å². The van der Waals surface area contributed by atoms with Crippen molar-refractivity contribution in [1.29, 1.82) is 0 Å². The molecule has 0 unspecified atom stereocenters. The van der Waals surface area contributed by atoms with Crippen molar-refractivity contribution in [3.63, 3.8) is 0 Å². The molecule has 0 saturated carbocycles. The number of rotatable bonds is 1. The van der Waals surface area contributed by atoms with Gasteiger partial charge in [-0.25, -0.2) is 0 Å². The fraction of sp³-hybridized carbons (Fsp3) is 0.667. The molecule has 0 saturated heterocycles. The molecule has 0 aromatic rings. The van der Waals surface area contributed by atoms with Crippen LogP contribution in [0.15, 0.2) is 12.3 Å². The predicted molar refractivity (Wildman–Crippen MR) is 57.2 cm³/mol. The zero-order chi connectivity index (χ0) is 9.52. The van der Waals surface area contributed by atoms with Crippen molar-refractivity contribution in [1.82, 2.24) is 4.90 Å². The minimum absolute atomic E-state index is 0.496. The first kappa shape index (κ1) is 10.2. The van der Waals surface area contributed by atoms with E-state index in [0.717, 1.165) is 6.54 Å². The van der Waals surface area contributed by atoms with Crippen LogP contribution in [-0.2, 0) is 0 Å². The maximum Gasteiger partial charge on any atom is 0.0788 e. The van der Waals surface area contributed by atoms with Crippen LogP contribution in [0.5, 0.6) is 0 Å². The highest BCUT2D eigenvalue weighted by molar-refractivity contribution is 5.05. The third-order valence-electron chi connectivity index (χ3n) is 2.06. The van der Waals surface area contributed by atoms with Gasteiger partial charge in [-0.3, -0.25) is 0 Å². The Balaban J connectivity index is 2.32. The second kappa shape index (κ2) is 5.70. The molecular weight excluding hydrogens is 158 g/mol. The maximum absolute atomic E-state index is 3.21. The molecule has 0 N–H and O–H groups in total. The Bertz CT molecular complexity index is 217. The molecule has 0 radical (unpaired) electrons. The first-order valence-corrected chi connectivity index (χ1v) is 5.18. The molecule has 0 bridgehead atoms. The van der Waals surface area contributed by atoms with Crippen LogP contribution in [0, 0.1) is 17.8 Å². The number of allylic oxidation sites excluding steroid dienone is 1. The van der Waals surface area contributed by atoms with E-state index in [9.17, 15) is 0 Å². The summed E-state index contributed by atoms with van der Waals surface area (Å²) in [5, 5.41) is 0. The third-order valence-corrected chi connectivity index (χ3v) is 2.06. The summed E-state index contributed by atoms with van der Waals surface area (Å²) < 4.78 is 0. The van der Waals surface area contributed by atoms with Crippen molar-refractivity contribution >= 4 is 0 Å². The van der Waals surface area contributed by atoms with Gasteiger partial charge >= 0.3 is 0 Å². The Morgan fingerprint density at radius 2 is 2.23 bits per heavy atom. The van der Waals surface area contributed by atoms with E-state index in [1.165, 1.54) is 25.8 Å². The molecule has 1 aliphatic rings. The number of nitrogens with zero attached hydrogens (tertiary/aromatic N) is 1. The lowest BCUT2D eigenvalue weighted by Gasteiger charge is -2.14. The smallest absolute Gasteiger partial charge is 0.0788 e. The lowest BCUT2D eigenvalue weighted by atomic mass is 10.2. The molecule has 1 rings (SSSR count). The van der Waals surface area contributed by atoms with E-state index in [0.29, 0.717) is 5.92 Å². The molecule has 0 fully saturated rings. The summed E-state index contributed by atoms with van der Waals surface area (Å²) in [5.74, 6) is 6.89. The zero-order valence-electron chi connectivity index (χ0n) is 8.71. The van der Waals surface area contributed by atoms with Gasteiger partial charge in [0.15, 0.2) is 0 Å². The predicted octanol–water partition coefficient (Wildman–Crippen LogP) is 2.65. The minimum Gasteiger partial charge on any atom is -0.367 e. The highest BCUT2D eigenvalue weighted by Crippen LogP contribution is 2.05. The minimum atomic E-state index is 0.496. The summed E-state index contributed by atoms with van der Waals surface area (Å²) in [6, 6.07) is 0. The Labute approximate surface area is 81.8 Å². The topological polar surface area (TPSA) is 3.24 Å². The first-order chi connectivity index (χ1) is 6.29. The van der Waals surface area contributed by atoms with Gasteiger partial charge in [-0.05, 0) is 25.5 Å². The summed E-state index contributed by atoms with van der Waals surface area (Å²) in [7, 11) is 0. The zero-order valence-corrected chi connectivity index (χ0v) is 8.71. The van der Waals surface area contributed by atoms with Gasteiger partial charge in [0, 0.05) is 12.5 Å². The van der Waals surface area contributed by atoms with Gasteiger partial charge in [0.25, 0.3) is 0 Å². The molecule has 1 aliphatic heterocycles. The Kier molecular flexibility index (Phi) is 4.46. The van der Waals surface area contributed by atoms with Crippen molar-refractivity contribution in [2.24, 2.45) is 5.92 Å². The average Bonchev–Trinajstić information content (AvgIpc) is 2.32. The van der Waals surface area contributed by atoms with Crippen LogP contribution in [-0.4, -0.2) is 18.0 Å². The van der Waals surface area contributed by atoms with Gasteiger partial charge in [0.05, 0.1) is 6.54 Å². The molecule has 0 amide bonds. The second-order valence-electron chi connectivity index (χ2n) is 3.83. The molecule has 0 aromatic heterocycles. The first-order valence-electron chi connectivity index (χ1n) is 5.18. The normalized spacial score (nSPS) is 16.7. The molecular formula is C12H19N. The van der Waals surface area contributed by atoms with Crippen molar-refractivity contribution in [3.05, 3.63) is 12.3 Å². The lowest BCUT2D eigenvalue weighted by molar-refractivity contribution is 0.417. The second-order valence-corrected chi connectivity index (χ2v) is 3.83. The highest BCUT2D eigenvalue weighted by atomic mass is 15.1. The van der Waals surface area contributed by atoms with Crippen LogP contribution in [0.3, 0.4) is 0 Å². The molecule has 72 valence electrons. The van der Waals surface area contributed by atoms with Gasteiger partial charge in [-0.15, -0.1) is 0 Å². The maximum atomic E-state index is 3.21. The van der Waals surface area contributed by atoms with E-state index >= 15 is 0 Å². The Morgan fingerprint density at radius 1 is 1.38 bits per heavy atom. The van der Waals surface area contributed by atoms with Crippen molar-refractivity contribution < 1.29 is 0 Å². The van der Waals surface area contributed by atoms with E-state index < -0.39 is 0 Å². The standard InChI is InChI=1S/C12H19N/c1-12(2)8-7-11-13-9-5-3-4-6-10-13/h5,9,12H,3-4,6,10-11H2,1-2H3. The fourth-order valence-electron chi connectivity index (χ4n) is 1.36. The largest absolute Gasteiger partial charge is 0.367 e. The van der Waals surface area contributed by atoms with Gasteiger partial charge in [0.2, 0.25) is 0 Å². The number of hydrogen-bond donors (Lipinski definition) is 0. The molecule has 1 heterocycles. The molecule has 0 aliphatic carbocycles. The van der Waals surface area contributed by atoms with Gasteiger partial charge in [0.1, 0.15) is 0 Å². The molecule has 13 heavy (non-hydrogen) atoms. The summed E-state index contributed by atoms with van der Waals surface area (Å²) in [6.45, 7) is 6.33. The van der Waals surface area contributed by atoms with Crippen LogP contribution in [0.4, 0.5) is 0 Å². The van der Waals surface area contributed by atoms with Crippen LogP contribution in [0.25, 0.3) is 0 Å². The fourth-order valence-corrected chi connectivity index (χ4v) is 1.36. The Hall–Kier alpha value is -0.900. The summed E-state index contributed by atoms with van der Waals surface area (Å²) in [5.41, 5.74) is 0. The molecule has 0 atom stereocenters. The van der Waals surface area contributed by atoms with Gasteiger partial charge in [-0.1, -0.05) is 31.8 Å². The summed E-state index contributed by atoms with van der Waals surface area (Å²) in [6.07, 6.45) is 8.31. The summed E-state index contributed by atoms with van der Waals surface area (Å²) >= 11 is 0.